The van der Waals surface area contributed by atoms with Crippen LogP contribution < -0.4 is 10.3 Å². The zero-order valence-corrected chi connectivity index (χ0v) is 14.7. The van der Waals surface area contributed by atoms with E-state index in [-0.39, 0.29) is 35.9 Å². The van der Waals surface area contributed by atoms with Crippen LogP contribution in [0.15, 0.2) is 17.1 Å². The van der Waals surface area contributed by atoms with Gasteiger partial charge in [0.1, 0.15) is 11.2 Å². The van der Waals surface area contributed by atoms with Gasteiger partial charge in [-0.15, -0.1) is 0 Å². The van der Waals surface area contributed by atoms with E-state index in [0.29, 0.717) is 0 Å². The number of nitrogens with zero attached hydrogens (tertiary/aromatic N) is 3. The van der Waals surface area contributed by atoms with Crippen LogP contribution >= 0.6 is 0 Å². The van der Waals surface area contributed by atoms with Gasteiger partial charge in [-0.05, 0) is 32.3 Å². The fourth-order valence-electron chi connectivity index (χ4n) is 3.77. The highest BCUT2D eigenvalue weighted by Gasteiger charge is 2.37. The van der Waals surface area contributed by atoms with Crippen LogP contribution in [0.2, 0.25) is 0 Å². The molecular formula is C18H20FN3O5. The molecule has 1 saturated heterocycles. The second-order valence-corrected chi connectivity index (χ2v) is 7.33. The fourth-order valence-corrected chi connectivity index (χ4v) is 3.77. The average Bonchev–Trinajstić information content (AvgIpc) is 3.36. The Kier molecular flexibility index (Phi) is 4.15. The van der Waals surface area contributed by atoms with Gasteiger partial charge in [0.25, 0.3) is 0 Å². The first-order valence-corrected chi connectivity index (χ1v) is 8.89. The predicted octanol–water partition coefficient (Wildman–Crippen LogP) is 0.889. The molecule has 0 aromatic carbocycles. The molecule has 1 saturated carbocycles. The minimum absolute atomic E-state index is 0.0220. The summed E-state index contributed by atoms with van der Waals surface area (Å²) in [5.74, 6) is -2.20. The van der Waals surface area contributed by atoms with E-state index in [1.54, 1.807) is 11.5 Å². The number of fused-ring (bicyclic) bond motifs is 1. The number of anilines is 1. The first-order valence-electron chi connectivity index (χ1n) is 8.89. The standard InChI is InChI=1S/C18H20FN3O5/c1-8(23)14-4-10(24)6-22(14)17-13(19)5-11-15(25)12(18(26)27)7-21(9-2-3-9)16(11)20-17/h5,7-10,14,23-24H,2-4,6H2,1H3,(H,26,27)/t8-,10-,14+/m1/s1. The quantitative estimate of drug-likeness (QED) is 0.725. The van der Waals surface area contributed by atoms with Crippen LogP contribution in [0.5, 0.6) is 0 Å². The minimum Gasteiger partial charge on any atom is -0.477 e. The maximum absolute atomic E-state index is 14.8. The van der Waals surface area contributed by atoms with Crippen molar-refractivity contribution in [2.45, 2.75) is 50.5 Å². The second-order valence-electron chi connectivity index (χ2n) is 7.33. The number of pyridine rings is 2. The third-order valence-corrected chi connectivity index (χ3v) is 5.26. The van der Waals surface area contributed by atoms with Gasteiger partial charge >= 0.3 is 5.97 Å². The third kappa shape index (κ3) is 2.96. The first kappa shape index (κ1) is 17.9. The van der Waals surface area contributed by atoms with Crippen molar-refractivity contribution in [3.63, 3.8) is 0 Å². The Morgan fingerprint density at radius 3 is 2.70 bits per heavy atom. The number of carboxylic acids is 1. The van der Waals surface area contributed by atoms with Gasteiger partial charge in [0, 0.05) is 18.8 Å². The van der Waals surface area contributed by atoms with E-state index < -0.39 is 41.0 Å². The zero-order chi connectivity index (χ0) is 19.5. The minimum atomic E-state index is -1.36. The molecule has 3 atom stereocenters. The third-order valence-electron chi connectivity index (χ3n) is 5.26. The number of carbonyl (C=O) groups is 1. The maximum atomic E-state index is 14.8. The lowest BCUT2D eigenvalue weighted by Gasteiger charge is -2.28. The van der Waals surface area contributed by atoms with E-state index in [9.17, 15) is 29.3 Å². The smallest absolute Gasteiger partial charge is 0.341 e. The molecule has 2 fully saturated rings. The van der Waals surface area contributed by atoms with E-state index in [1.807, 2.05) is 0 Å². The Morgan fingerprint density at radius 2 is 2.11 bits per heavy atom. The van der Waals surface area contributed by atoms with Crippen molar-refractivity contribution in [2.24, 2.45) is 0 Å². The molecule has 4 rings (SSSR count). The van der Waals surface area contributed by atoms with Crippen LogP contribution in [0.3, 0.4) is 0 Å². The molecule has 0 unspecified atom stereocenters. The molecule has 2 aromatic rings. The molecular weight excluding hydrogens is 357 g/mol. The van der Waals surface area contributed by atoms with Crippen LogP contribution in [0.1, 0.15) is 42.6 Å². The highest BCUT2D eigenvalue weighted by molar-refractivity contribution is 5.92. The number of aromatic nitrogens is 2. The fraction of sp³-hybridized carbons (Fsp3) is 0.500. The SMILES string of the molecule is C[C@@H](O)[C@@H]1C[C@@H](O)CN1c1nc2c(cc1F)c(=O)c(C(=O)O)cn2C1CC1. The summed E-state index contributed by atoms with van der Waals surface area (Å²) in [6.45, 7) is 1.68. The number of hydrogen-bond donors (Lipinski definition) is 3. The number of β-amino-alcohol motifs (C(OH)–C–C–N with tert-alkyl or cyclic N) is 1. The Morgan fingerprint density at radius 1 is 1.41 bits per heavy atom. The molecule has 0 bridgehead atoms. The van der Waals surface area contributed by atoms with Crippen molar-refractivity contribution in [2.75, 3.05) is 11.4 Å². The van der Waals surface area contributed by atoms with E-state index in [4.69, 9.17) is 0 Å². The van der Waals surface area contributed by atoms with Crippen molar-refractivity contribution in [1.29, 1.82) is 0 Å². The summed E-state index contributed by atoms with van der Waals surface area (Å²) in [6, 6.07) is 0.530. The first-order chi connectivity index (χ1) is 12.8. The predicted molar refractivity (Wildman–Crippen MR) is 94.6 cm³/mol. The van der Waals surface area contributed by atoms with Crippen LogP contribution in [0, 0.1) is 5.82 Å². The van der Waals surface area contributed by atoms with E-state index in [1.165, 1.54) is 11.1 Å². The van der Waals surface area contributed by atoms with Gasteiger partial charge in [-0.1, -0.05) is 0 Å². The molecule has 0 spiro atoms. The summed E-state index contributed by atoms with van der Waals surface area (Å²) in [4.78, 5) is 29.7. The summed E-state index contributed by atoms with van der Waals surface area (Å²) in [5.41, 5.74) is -0.975. The normalized spacial score (nSPS) is 23.8. The molecule has 2 aromatic heterocycles. The van der Waals surface area contributed by atoms with Crippen molar-refractivity contribution in [3.8, 4) is 0 Å². The van der Waals surface area contributed by atoms with Crippen molar-refractivity contribution in [3.05, 3.63) is 33.9 Å². The molecule has 0 amide bonds. The molecule has 3 N–H and O–H groups in total. The van der Waals surface area contributed by atoms with Crippen molar-refractivity contribution >= 4 is 22.8 Å². The summed E-state index contributed by atoms with van der Waals surface area (Å²) in [7, 11) is 0. The number of aliphatic hydroxyl groups excluding tert-OH is 2. The molecule has 0 radical (unpaired) electrons. The second kappa shape index (κ2) is 6.28. The molecule has 3 heterocycles. The van der Waals surface area contributed by atoms with E-state index in [0.717, 1.165) is 18.9 Å². The van der Waals surface area contributed by atoms with Crippen LogP contribution in [0.25, 0.3) is 11.0 Å². The van der Waals surface area contributed by atoms with Crippen LogP contribution in [-0.2, 0) is 0 Å². The lowest BCUT2D eigenvalue weighted by Crippen LogP contribution is -2.38. The molecule has 9 heteroatoms. The van der Waals surface area contributed by atoms with Crippen molar-refractivity contribution in [1.82, 2.24) is 9.55 Å². The lowest BCUT2D eigenvalue weighted by atomic mass is 10.1. The average molecular weight is 377 g/mol. The summed E-state index contributed by atoms with van der Waals surface area (Å²) < 4.78 is 16.5. The van der Waals surface area contributed by atoms with Crippen LogP contribution in [-0.4, -0.2) is 55.6 Å². The van der Waals surface area contributed by atoms with Gasteiger partial charge in [-0.3, -0.25) is 4.79 Å². The van der Waals surface area contributed by atoms with Gasteiger partial charge in [-0.25, -0.2) is 14.2 Å². The zero-order valence-electron chi connectivity index (χ0n) is 14.7. The topological polar surface area (TPSA) is 116 Å². The van der Waals surface area contributed by atoms with Gasteiger partial charge in [0.2, 0.25) is 5.43 Å². The van der Waals surface area contributed by atoms with E-state index in [2.05, 4.69) is 4.98 Å². The number of carboxylic acid groups (broad SMARTS) is 1. The Hall–Kier alpha value is -2.52. The monoisotopic (exact) mass is 377 g/mol. The molecule has 1 aliphatic heterocycles. The number of aliphatic hydroxyl groups is 2. The number of rotatable bonds is 4. The van der Waals surface area contributed by atoms with Crippen molar-refractivity contribution < 1.29 is 24.5 Å². The molecule has 27 heavy (non-hydrogen) atoms. The van der Waals surface area contributed by atoms with E-state index >= 15 is 0 Å². The largest absolute Gasteiger partial charge is 0.477 e. The van der Waals surface area contributed by atoms with Gasteiger partial charge in [-0.2, -0.15) is 0 Å². The Balaban J connectivity index is 1.93. The van der Waals surface area contributed by atoms with Gasteiger partial charge < -0.3 is 24.8 Å². The highest BCUT2D eigenvalue weighted by Crippen LogP contribution is 2.37. The lowest BCUT2D eigenvalue weighted by molar-refractivity contribution is 0.0694. The Labute approximate surface area is 153 Å². The highest BCUT2D eigenvalue weighted by atomic mass is 19.1. The number of halogens is 1. The molecule has 8 nitrogen and oxygen atoms in total. The summed E-state index contributed by atoms with van der Waals surface area (Å²) in [5, 5.41) is 29.1. The molecule has 2 aliphatic rings. The molecule has 1 aliphatic carbocycles. The van der Waals surface area contributed by atoms with Gasteiger partial charge in [0.05, 0.1) is 23.6 Å². The summed E-state index contributed by atoms with van der Waals surface area (Å²) in [6.07, 6.45) is 1.67. The number of hydrogen-bond acceptors (Lipinski definition) is 6. The Bertz CT molecular complexity index is 985. The summed E-state index contributed by atoms with van der Waals surface area (Å²) >= 11 is 0. The molecule has 144 valence electrons. The van der Waals surface area contributed by atoms with Gasteiger partial charge in [0.15, 0.2) is 11.6 Å². The number of aromatic carboxylic acids is 1. The van der Waals surface area contributed by atoms with Crippen LogP contribution in [0.4, 0.5) is 10.2 Å². The maximum Gasteiger partial charge on any atom is 0.341 e.